The summed E-state index contributed by atoms with van der Waals surface area (Å²) in [5, 5.41) is 9.04. The van der Waals surface area contributed by atoms with Gasteiger partial charge in [-0.2, -0.15) is 13.2 Å². The first-order valence-corrected chi connectivity index (χ1v) is 12.3. The van der Waals surface area contributed by atoms with Crippen molar-refractivity contribution in [2.45, 2.75) is 69.6 Å². The molecule has 9 nitrogen and oxygen atoms in total. The molecule has 0 radical (unpaired) electrons. The number of alkyl halides is 5. The van der Waals surface area contributed by atoms with E-state index in [-0.39, 0.29) is 60.8 Å². The highest BCUT2D eigenvalue weighted by Crippen LogP contribution is 2.45. The summed E-state index contributed by atoms with van der Waals surface area (Å²) in [6.07, 6.45) is -0.265. The SMILES string of the molecule is O=C(CC1CC(F)(F)C1)NC(c1ccn2cc(CNC(=O)c3conc3CCC(F)(F)F)nc2n1)C1CC1. The molecule has 2 saturated carbocycles. The number of hydrogen-bond acceptors (Lipinski definition) is 6. The molecule has 0 aromatic carbocycles. The average molecular weight is 540 g/mol. The van der Waals surface area contributed by atoms with E-state index in [9.17, 15) is 31.5 Å². The van der Waals surface area contributed by atoms with Gasteiger partial charge in [0.2, 0.25) is 17.6 Å². The first-order chi connectivity index (χ1) is 18.0. The minimum Gasteiger partial charge on any atom is -0.364 e. The molecule has 204 valence electrons. The van der Waals surface area contributed by atoms with E-state index in [1.165, 1.54) is 0 Å². The molecule has 0 aliphatic heterocycles. The van der Waals surface area contributed by atoms with Gasteiger partial charge in [-0.15, -0.1) is 0 Å². The third kappa shape index (κ3) is 6.27. The molecule has 2 aliphatic carbocycles. The highest BCUT2D eigenvalue weighted by atomic mass is 19.4. The fourth-order valence-corrected chi connectivity index (χ4v) is 4.63. The van der Waals surface area contributed by atoms with Crippen LogP contribution in [0.25, 0.3) is 5.78 Å². The molecule has 14 heteroatoms. The first kappa shape index (κ1) is 26.0. The second-order valence-corrected chi connectivity index (χ2v) is 9.98. The number of aromatic nitrogens is 4. The Balaban J connectivity index is 1.20. The summed E-state index contributed by atoms with van der Waals surface area (Å²) >= 11 is 0. The number of rotatable bonds is 10. The number of imidazole rings is 1. The molecule has 5 rings (SSSR count). The summed E-state index contributed by atoms with van der Waals surface area (Å²) in [7, 11) is 0. The molecular weight excluding hydrogens is 515 g/mol. The molecule has 2 amide bonds. The first-order valence-electron chi connectivity index (χ1n) is 12.3. The molecule has 1 atom stereocenters. The van der Waals surface area contributed by atoms with Crippen molar-refractivity contribution in [1.82, 2.24) is 30.2 Å². The maximum absolute atomic E-state index is 13.1. The molecule has 2 N–H and O–H groups in total. The van der Waals surface area contributed by atoms with Crippen molar-refractivity contribution in [3.8, 4) is 0 Å². The molecule has 2 aliphatic rings. The van der Waals surface area contributed by atoms with Crippen molar-refractivity contribution >= 4 is 17.6 Å². The Morgan fingerprint density at radius 1 is 1.21 bits per heavy atom. The van der Waals surface area contributed by atoms with Crippen LogP contribution in [-0.4, -0.2) is 43.4 Å². The number of hydrogen-bond donors (Lipinski definition) is 2. The number of halogens is 5. The number of nitrogens with zero attached hydrogens (tertiary/aromatic N) is 4. The van der Waals surface area contributed by atoms with E-state index in [4.69, 9.17) is 0 Å². The lowest BCUT2D eigenvalue weighted by Crippen LogP contribution is -2.39. The monoisotopic (exact) mass is 540 g/mol. The van der Waals surface area contributed by atoms with Crippen molar-refractivity contribution in [3.05, 3.63) is 47.4 Å². The number of nitrogens with one attached hydrogen (secondary N) is 2. The van der Waals surface area contributed by atoms with Gasteiger partial charge in [-0.3, -0.25) is 14.0 Å². The predicted octanol–water partition coefficient (Wildman–Crippen LogP) is 4.14. The lowest BCUT2D eigenvalue weighted by Gasteiger charge is -2.34. The second kappa shape index (κ2) is 9.95. The Morgan fingerprint density at radius 2 is 1.97 bits per heavy atom. The third-order valence-corrected chi connectivity index (χ3v) is 6.74. The van der Waals surface area contributed by atoms with E-state index in [1.54, 1.807) is 22.9 Å². The topological polar surface area (TPSA) is 114 Å². The molecule has 38 heavy (non-hydrogen) atoms. The molecule has 0 spiro atoms. The number of aryl methyl sites for hydroxylation is 1. The van der Waals surface area contributed by atoms with Crippen LogP contribution in [0.1, 0.15) is 72.0 Å². The largest absolute Gasteiger partial charge is 0.389 e. The Hall–Kier alpha value is -3.58. The van der Waals surface area contributed by atoms with Crippen molar-refractivity contribution in [2.24, 2.45) is 11.8 Å². The Kier molecular flexibility index (Phi) is 6.82. The van der Waals surface area contributed by atoms with Gasteiger partial charge in [-0.05, 0) is 30.7 Å². The van der Waals surface area contributed by atoms with Crippen LogP contribution >= 0.6 is 0 Å². The molecule has 3 heterocycles. The fraction of sp³-hybridized carbons (Fsp3) is 0.542. The van der Waals surface area contributed by atoms with Crippen LogP contribution in [0.15, 0.2) is 29.2 Å². The van der Waals surface area contributed by atoms with Gasteiger partial charge >= 0.3 is 6.18 Å². The summed E-state index contributed by atoms with van der Waals surface area (Å²) in [4.78, 5) is 33.9. The average Bonchev–Trinajstić information content (AvgIpc) is 3.40. The Bertz CT molecular complexity index is 1320. The molecule has 0 saturated heterocycles. The van der Waals surface area contributed by atoms with E-state index < -0.39 is 30.8 Å². The van der Waals surface area contributed by atoms with Crippen LogP contribution in [-0.2, 0) is 17.8 Å². The van der Waals surface area contributed by atoms with E-state index >= 15 is 0 Å². The number of amides is 2. The van der Waals surface area contributed by atoms with E-state index in [0.29, 0.717) is 17.2 Å². The maximum Gasteiger partial charge on any atom is 0.389 e. The van der Waals surface area contributed by atoms with Crippen LogP contribution in [0, 0.1) is 11.8 Å². The van der Waals surface area contributed by atoms with Gasteiger partial charge in [0.15, 0.2) is 0 Å². The van der Waals surface area contributed by atoms with Gasteiger partial charge < -0.3 is 15.2 Å². The molecule has 3 aromatic heterocycles. The van der Waals surface area contributed by atoms with Crippen LogP contribution in [0.2, 0.25) is 0 Å². The summed E-state index contributed by atoms with van der Waals surface area (Å²) in [6.45, 7) is -0.0176. The lowest BCUT2D eigenvalue weighted by atomic mass is 9.79. The maximum atomic E-state index is 13.1. The van der Waals surface area contributed by atoms with E-state index in [0.717, 1.165) is 19.1 Å². The molecular formula is C24H25F5N6O3. The van der Waals surface area contributed by atoms with E-state index in [1.807, 2.05) is 0 Å². The van der Waals surface area contributed by atoms with Crippen LogP contribution in [0.4, 0.5) is 22.0 Å². The zero-order valence-electron chi connectivity index (χ0n) is 20.1. The lowest BCUT2D eigenvalue weighted by molar-refractivity contribution is -0.135. The number of carbonyl (C=O) groups excluding carboxylic acids is 2. The van der Waals surface area contributed by atoms with Gasteiger partial charge in [0.1, 0.15) is 11.8 Å². The molecule has 1 unspecified atom stereocenters. The fourth-order valence-electron chi connectivity index (χ4n) is 4.63. The van der Waals surface area contributed by atoms with Gasteiger partial charge in [0, 0.05) is 44.5 Å². The van der Waals surface area contributed by atoms with Crippen molar-refractivity contribution in [3.63, 3.8) is 0 Å². The zero-order valence-corrected chi connectivity index (χ0v) is 20.1. The molecule has 0 bridgehead atoms. The van der Waals surface area contributed by atoms with Crippen LogP contribution < -0.4 is 10.6 Å². The molecule has 3 aromatic rings. The number of fused-ring (bicyclic) bond motifs is 1. The summed E-state index contributed by atoms with van der Waals surface area (Å²) in [5.74, 6) is -3.37. The number of carbonyl (C=O) groups is 2. The van der Waals surface area contributed by atoms with Crippen molar-refractivity contribution in [2.75, 3.05) is 0 Å². The van der Waals surface area contributed by atoms with E-state index in [2.05, 4.69) is 30.3 Å². The minimum atomic E-state index is -4.38. The summed E-state index contributed by atoms with van der Waals surface area (Å²) in [5.41, 5.74) is 0.897. The van der Waals surface area contributed by atoms with Crippen LogP contribution in [0.3, 0.4) is 0 Å². The van der Waals surface area contributed by atoms with Crippen LogP contribution in [0.5, 0.6) is 0 Å². The summed E-state index contributed by atoms with van der Waals surface area (Å²) in [6, 6.07) is 1.40. The van der Waals surface area contributed by atoms with Crippen molar-refractivity contribution in [1.29, 1.82) is 0 Å². The van der Waals surface area contributed by atoms with Gasteiger partial charge in [0.05, 0.1) is 29.7 Å². The minimum absolute atomic E-state index is 0.0176. The Labute approximate surface area is 213 Å². The molecule has 2 fully saturated rings. The quantitative estimate of drug-likeness (QED) is 0.374. The van der Waals surface area contributed by atoms with Gasteiger partial charge in [-0.25, -0.2) is 18.7 Å². The zero-order chi connectivity index (χ0) is 27.1. The van der Waals surface area contributed by atoms with Gasteiger partial charge in [-0.1, -0.05) is 5.16 Å². The highest BCUT2D eigenvalue weighted by molar-refractivity contribution is 5.94. The second-order valence-electron chi connectivity index (χ2n) is 9.98. The smallest absolute Gasteiger partial charge is 0.364 e. The standard InChI is InChI=1S/C24H25F5N6O3/c25-23(26)8-13(9-23)7-19(36)33-20(14-1-2-14)18-4-6-35-11-15(31-22(35)32-18)10-30-21(37)16-12-38-34-17(16)3-5-24(27,28)29/h4,6,11-14,20H,1-3,5,7-10H2,(H,30,37)(H,33,36). The predicted molar refractivity (Wildman–Crippen MR) is 121 cm³/mol. The Morgan fingerprint density at radius 3 is 2.66 bits per heavy atom. The van der Waals surface area contributed by atoms with Gasteiger partial charge in [0.25, 0.3) is 5.91 Å². The normalized spacial score (nSPS) is 18.2. The van der Waals surface area contributed by atoms with Crippen molar-refractivity contribution < 1.29 is 36.1 Å². The summed E-state index contributed by atoms with van der Waals surface area (Å²) < 4.78 is 70.1. The highest BCUT2D eigenvalue weighted by Gasteiger charge is 2.46. The third-order valence-electron chi connectivity index (χ3n) is 6.74.